The van der Waals surface area contributed by atoms with E-state index < -0.39 is 0 Å². The first-order valence-corrected chi connectivity index (χ1v) is 10.1. The van der Waals surface area contributed by atoms with Gasteiger partial charge in [0.2, 0.25) is 0 Å². The number of aryl methyl sites for hydroxylation is 1. The van der Waals surface area contributed by atoms with Crippen LogP contribution in [0.3, 0.4) is 0 Å². The number of esters is 1. The molecule has 1 N–H and O–H groups in total. The van der Waals surface area contributed by atoms with Crippen molar-refractivity contribution in [1.29, 1.82) is 0 Å². The highest BCUT2D eigenvalue weighted by molar-refractivity contribution is 6.07. The summed E-state index contributed by atoms with van der Waals surface area (Å²) < 4.78 is 7.43. The lowest BCUT2D eigenvalue weighted by molar-refractivity contribution is 0.0527. The second kappa shape index (κ2) is 8.07. The summed E-state index contributed by atoms with van der Waals surface area (Å²) in [5.74, 6) is -0.219. The molecule has 30 heavy (non-hydrogen) atoms. The van der Waals surface area contributed by atoms with Crippen LogP contribution in [-0.2, 0) is 11.3 Å². The number of fused-ring (bicyclic) bond motifs is 1. The third-order valence-electron chi connectivity index (χ3n) is 5.47. The van der Waals surface area contributed by atoms with E-state index in [1.54, 1.807) is 13.0 Å². The van der Waals surface area contributed by atoms with Gasteiger partial charge in [-0.2, -0.15) is 0 Å². The summed E-state index contributed by atoms with van der Waals surface area (Å²) in [5.41, 5.74) is 6.20. The topological polar surface area (TPSA) is 51.5 Å². The predicted molar refractivity (Wildman–Crippen MR) is 120 cm³/mol. The lowest BCUT2D eigenvalue weighted by Gasteiger charge is -2.11. The Labute approximate surface area is 176 Å². The lowest BCUT2D eigenvalue weighted by Crippen LogP contribution is -2.08. The van der Waals surface area contributed by atoms with Crippen molar-refractivity contribution in [3.63, 3.8) is 0 Å². The maximum Gasteiger partial charge on any atom is 0.340 e. The molecule has 0 unspecified atom stereocenters. The molecule has 3 aromatic carbocycles. The number of hydrogen-bond acceptors (Lipinski definition) is 3. The normalized spacial score (nSPS) is 11.0. The molecule has 0 fully saturated rings. The Morgan fingerprint density at radius 1 is 1.00 bits per heavy atom. The Balaban J connectivity index is 1.95. The average Bonchev–Trinajstić information content (AvgIpc) is 3.00. The van der Waals surface area contributed by atoms with Crippen LogP contribution >= 0.6 is 0 Å². The molecule has 1 aromatic heterocycles. The molecule has 4 nitrogen and oxygen atoms in total. The standard InChI is InChI=1S/C26H25NO3/c1-4-30-26(29)25-18(3)27(16-19-8-6-5-7-9-19)23-14-21(24(28)15-22(23)25)20-12-10-17(2)11-13-20/h5-15,28H,4,16H2,1-3H3. The minimum Gasteiger partial charge on any atom is -0.507 e. The highest BCUT2D eigenvalue weighted by Gasteiger charge is 2.23. The SMILES string of the molecule is CCOC(=O)c1c(C)n(Cc2ccccc2)c2cc(-c3ccc(C)cc3)c(O)cc12. The van der Waals surface area contributed by atoms with E-state index in [4.69, 9.17) is 4.74 Å². The third-order valence-corrected chi connectivity index (χ3v) is 5.47. The van der Waals surface area contributed by atoms with E-state index in [1.165, 1.54) is 0 Å². The van der Waals surface area contributed by atoms with Crippen molar-refractivity contribution < 1.29 is 14.6 Å². The molecular formula is C26H25NO3. The largest absolute Gasteiger partial charge is 0.507 e. The smallest absolute Gasteiger partial charge is 0.340 e. The van der Waals surface area contributed by atoms with Crippen LogP contribution in [0, 0.1) is 13.8 Å². The molecule has 0 atom stereocenters. The molecule has 4 aromatic rings. The van der Waals surface area contributed by atoms with Crippen molar-refractivity contribution in [2.24, 2.45) is 0 Å². The van der Waals surface area contributed by atoms with E-state index in [-0.39, 0.29) is 11.7 Å². The van der Waals surface area contributed by atoms with Gasteiger partial charge in [-0.1, -0.05) is 60.2 Å². The monoisotopic (exact) mass is 399 g/mol. The number of phenols is 1. The zero-order valence-electron chi connectivity index (χ0n) is 17.5. The van der Waals surface area contributed by atoms with Gasteiger partial charge in [-0.3, -0.25) is 0 Å². The number of aromatic hydroxyl groups is 1. The van der Waals surface area contributed by atoms with Gasteiger partial charge < -0.3 is 14.4 Å². The van der Waals surface area contributed by atoms with E-state index in [2.05, 4.69) is 16.7 Å². The Bertz CT molecular complexity index is 1200. The molecular weight excluding hydrogens is 374 g/mol. The molecule has 0 bridgehead atoms. The Hall–Kier alpha value is -3.53. The van der Waals surface area contributed by atoms with Gasteiger partial charge in [0.05, 0.1) is 17.7 Å². The van der Waals surface area contributed by atoms with Crippen LogP contribution in [0.4, 0.5) is 0 Å². The first-order valence-electron chi connectivity index (χ1n) is 10.1. The molecule has 0 spiro atoms. The maximum atomic E-state index is 12.7. The maximum absolute atomic E-state index is 12.7. The van der Waals surface area contributed by atoms with Crippen molar-refractivity contribution in [3.8, 4) is 16.9 Å². The first-order chi connectivity index (χ1) is 14.5. The van der Waals surface area contributed by atoms with E-state index in [0.29, 0.717) is 24.1 Å². The van der Waals surface area contributed by atoms with Crippen LogP contribution in [0.25, 0.3) is 22.0 Å². The highest BCUT2D eigenvalue weighted by Crippen LogP contribution is 2.37. The molecule has 0 saturated carbocycles. The van der Waals surface area contributed by atoms with Gasteiger partial charge in [-0.15, -0.1) is 0 Å². The highest BCUT2D eigenvalue weighted by atomic mass is 16.5. The molecule has 0 aliphatic carbocycles. The molecule has 0 radical (unpaired) electrons. The van der Waals surface area contributed by atoms with E-state index in [0.717, 1.165) is 33.5 Å². The molecule has 0 aliphatic rings. The van der Waals surface area contributed by atoms with Gasteiger partial charge in [0.25, 0.3) is 0 Å². The van der Waals surface area contributed by atoms with Crippen molar-refractivity contribution in [1.82, 2.24) is 4.57 Å². The minimum atomic E-state index is -0.366. The summed E-state index contributed by atoms with van der Waals surface area (Å²) in [6, 6.07) is 21.8. The number of benzene rings is 3. The van der Waals surface area contributed by atoms with Crippen molar-refractivity contribution in [3.05, 3.63) is 89.1 Å². The number of aromatic nitrogens is 1. The number of ether oxygens (including phenoxy) is 1. The fraction of sp³-hybridized carbons (Fsp3) is 0.192. The summed E-state index contributed by atoms with van der Waals surface area (Å²) in [6.07, 6.45) is 0. The molecule has 0 saturated heterocycles. The Kier molecular flexibility index (Phi) is 5.32. The van der Waals surface area contributed by atoms with E-state index in [9.17, 15) is 9.90 Å². The average molecular weight is 399 g/mol. The van der Waals surface area contributed by atoms with Crippen LogP contribution in [0.15, 0.2) is 66.7 Å². The zero-order chi connectivity index (χ0) is 21.3. The number of carbonyl (C=O) groups excluding carboxylic acids is 1. The second-order valence-corrected chi connectivity index (χ2v) is 7.51. The summed E-state index contributed by atoms with van der Waals surface area (Å²) in [6.45, 7) is 6.69. The van der Waals surface area contributed by atoms with Crippen molar-refractivity contribution >= 4 is 16.9 Å². The van der Waals surface area contributed by atoms with Crippen LogP contribution in [0.5, 0.6) is 5.75 Å². The minimum absolute atomic E-state index is 0.147. The Morgan fingerprint density at radius 3 is 2.37 bits per heavy atom. The predicted octanol–water partition coefficient (Wildman–Crippen LogP) is 5.86. The number of rotatable bonds is 5. The third kappa shape index (κ3) is 3.57. The van der Waals surface area contributed by atoms with Crippen LogP contribution in [0.2, 0.25) is 0 Å². The lowest BCUT2D eigenvalue weighted by atomic mass is 10.0. The summed E-state index contributed by atoms with van der Waals surface area (Å²) in [7, 11) is 0. The fourth-order valence-corrected chi connectivity index (χ4v) is 3.91. The molecule has 4 heteroatoms. The number of phenolic OH excluding ortho intramolecular Hbond substituents is 1. The second-order valence-electron chi connectivity index (χ2n) is 7.51. The van der Waals surface area contributed by atoms with Crippen molar-refractivity contribution in [2.45, 2.75) is 27.3 Å². The van der Waals surface area contributed by atoms with Gasteiger partial charge in [-0.05, 0) is 44.0 Å². The number of nitrogens with zero attached hydrogens (tertiary/aromatic N) is 1. The first kappa shape index (κ1) is 19.8. The number of hydrogen-bond donors (Lipinski definition) is 1. The quantitative estimate of drug-likeness (QED) is 0.428. The van der Waals surface area contributed by atoms with Gasteiger partial charge >= 0.3 is 5.97 Å². The van der Waals surface area contributed by atoms with Gasteiger partial charge in [-0.25, -0.2) is 4.79 Å². The fourth-order valence-electron chi connectivity index (χ4n) is 3.91. The molecule has 4 rings (SSSR count). The van der Waals surface area contributed by atoms with Crippen LogP contribution in [0.1, 0.15) is 34.1 Å². The van der Waals surface area contributed by atoms with Gasteiger partial charge in [0.15, 0.2) is 0 Å². The molecule has 0 amide bonds. The summed E-state index contributed by atoms with van der Waals surface area (Å²) >= 11 is 0. The summed E-state index contributed by atoms with van der Waals surface area (Å²) in [4.78, 5) is 12.7. The Morgan fingerprint density at radius 2 is 1.70 bits per heavy atom. The number of carbonyl (C=O) groups is 1. The van der Waals surface area contributed by atoms with E-state index >= 15 is 0 Å². The zero-order valence-corrected chi connectivity index (χ0v) is 17.5. The van der Waals surface area contributed by atoms with Gasteiger partial charge in [0.1, 0.15) is 5.75 Å². The summed E-state index contributed by atoms with van der Waals surface area (Å²) in [5, 5.41) is 11.5. The van der Waals surface area contributed by atoms with Crippen LogP contribution < -0.4 is 0 Å². The molecule has 152 valence electrons. The van der Waals surface area contributed by atoms with Gasteiger partial charge in [0, 0.05) is 23.2 Å². The van der Waals surface area contributed by atoms with E-state index in [1.807, 2.05) is 62.4 Å². The van der Waals surface area contributed by atoms with Crippen LogP contribution in [-0.4, -0.2) is 22.2 Å². The molecule has 1 heterocycles. The van der Waals surface area contributed by atoms with Crippen molar-refractivity contribution in [2.75, 3.05) is 6.61 Å². The molecule has 0 aliphatic heterocycles.